The summed E-state index contributed by atoms with van der Waals surface area (Å²) in [5.41, 5.74) is 0.203. The van der Waals surface area contributed by atoms with Crippen LogP contribution in [0.15, 0.2) is 60.9 Å². The van der Waals surface area contributed by atoms with Gasteiger partial charge in [-0.25, -0.2) is 0 Å². The van der Waals surface area contributed by atoms with Crippen molar-refractivity contribution in [1.29, 1.82) is 0 Å². The van der Waals surface area contributed by atoms with Gasteiger partial charge in [0.15, 0.2) is 0 Å². The Hall–Kier alpha value is -4.07. The summed E-state index contributed by atoms with van der Waals surface area (Å²) in [4.78, 5) is 57.9. The minimum Gasteiger partial charge on any atom is -0.459 e. The fraction of sp³-hybridized carbons (Fsp3) is 0.240. The third-order valence-corrected chi connectivity index (χ3v) is 5.13. The first-order valence-corrected chi connectivity index (χ1v) is 10.5. The second-order valence-electron chi connectivity index (χ2n) is 8.68. The summed E-state index contributed by atoms with van der Waals surface area (Å²) in [6.07, 6.45) is 3.23. The molecule has 3 amide bonds. The Morgan fingerprint density at radius 2 is 1.64 bits per heavy atom. The number of nitrogens with zero attached hydrogens (tertiary/aromatic N) is 3. The van der Waals surface area contributed by atoms with E-state index < -0.39 is 35.8 Å². The number of aromatic nitrogens is 1. The molecule has 0 bridgehead atoms. The third kappa shape index (κ3) is 4.45. The summed E-state index contributed by atoms with van der Waals surface area (Å²) in [6.45, 7) is 4.31. The summed E-state index contributed by atoms with van der Waals surface area (Å²) < 4.78 is 5.42. The SMILES string of the molecule is CC(C)(C)OC(=O)CN(C(=O)CN1C(=O)c2ccccc2C1=O)c1cccc2ccncc12. The fourth-order valence-electron chi connectivity index (χ4n) is 3.75. The number of rotatable bonds is 5. The van der Waals surface area contributed by atoms with Gasteiger partial charge in [-0.3, -0.25) is 34.0 Å². The number of amides is 3. The van der Waals surface area contributed by atoms with Crippen molar-refractivity contribution in [1.82, 2.24) is 9.88 Å². The van der Waals surface area contributed by atoms with E-state index in [-0.39, 0.29) is 17.7 Å². The molecule has 0 radical (unpaired) electrons. The molecule has 33 heavy (non-hydrogen) atoms. The van der Waals surface area contributed by atoms with E-state index in [0.717, 1.165) is 10.3 Å². The van der Waals surface area contributed by atoms with Crippen molar-refractivity contribution in [2.24, 2.45) is 0 Å². The smallest absolute Gasteiger partial charge is 0.326 e. The maximum atomic E-state index is 13.4. The number of benzene rings is 2. The number of carbonyl (C=O) groups excluding carboxylic acids is 4. The van der Waals surface area contributed by atoms with Crippen LogP contribution >= 0.6 is 0 Å². The Morgan fingerprint density at radius 1 is 0.970 bits per heavy atom. The molecule has 0 unspecified atom stereocenters. The van der Waals surface area contributed by atoms with Crippen molar-refractivity contribution in [3.63, 3.8) is 0 Å². The lowest BCUT2D eigenvalue weighted by atomic mass is 10.1. The highest BCUT2D eigenvalue weighted by molar-refractivity contribution is 6.23. The number of imide groups is 1. The molecule has 2 heterocycles. The largest absolute Gasteiger partial charge is 0.459 e. The van der Waals surface area contributed by atoms with Crippen molar-refractivity contribution in [2.45, 2.75) is 26.4 Å². The number of hydrogen-bond donors (Lipinski definition) is 0. The van der Waals surface area contributed by atoms with E-state index in [0.29, 0.717) is 11.1 Å². The van der Waals surface area contributed by atoms with E-state index in [1.54, 1.807) is 75.6 Å². The van der Waals surface area contributed by atoms with Crippen LogP contribution in [0.2, 0.25) is 0 Å². The number of hydrogen-bond acceptors (Lipinski definition) is 6. The molecule has 0 saturated carbocycles. The zero-order valence-electron chi connectivity index (χ0n) is 18.6. The van der Waals surface area contributed by atoms with Gasteiger partial charge in [-0.2, -0.15) is 0 Å². The van der Waals surface area contributed by atoms with Crippen LogP contribution in [0.1, 0.15) is 41.5 Å². The molecule has 168 valence electrons. The molecule has 8 nitrogen and oxygen atoms in total. The summed E-state index contributed by atoms with van der Waals surface area (Å²) in [6, 6.07) is 13.5. The van der Waals surface area contributed by atoms with Gasteiger partial charge in [-0.15, -0.1) is 0 Å². The van der Waals surface area contributed by atoms with Crippen LogP contribution < -0.4 is 4.90 Å². The Morgan fingerprint density at radius 3 is 2.27 bits per heavy atom. The molecule has 2 aromatic carbocycles. The van der Waals surface area contributed by atoms with E-state index in [2.05, 4.69) is 4.98 Å². The average Bonchev–Trinajstić information content (AvgIpc) is 3.01. The zero-order valence-corrected chi connectivity index (χ0v) is 18.6. The van der Waals surface area contributed by atoms with Crippen molar-refractivity contribution >= 4 is 40.2 Å². The Labute approximate surface area is 190 Å². The van der Waals surface area contributed by atoms with E-state index in [9.17, 15) is 19.2 Å². The van der Waals surface area contributed by atoms with Crippen LogP contribution in [0, 0.1) is 0 Å². The van der Waals surface area contributed by atoms with E-state index >= 15 is 0 Å². The molecule has 0 fully saturated rings. The van der Waals surface area contributed by atoms with Crippen molar-refractivity contribution in [3.05, 3.63) is 72.1 Å². The molecule has 1 aliphatic rings. The lowest BCUT2D eigenvalue weighted by Crippen LogP contribution is -2.45. The molecule has 1 aliphatic heterocycles. The monoisotopic (exact) mass is 445 g/mol. The van der Waals surface area contributed by atoms with Gasteiger partial charge in [0, 0.05) is 17.8 Å². The number of anilines is 1. The summed E-state index contributed by atoms with van der Waals surface area (Å²) in [5, 5.41) is 1.48. The Bertz CT molecular complexity index is 1240. The highest BCUT2D eigenvalue weighted by atomic mass is 16.6. The van der Waals surface area contributed by atoms with Gasteiger partial charge in [0.05, 0.1) is 16.8 Å². The summed E-state index contributed by atoms with van der Waals surface area (Å²) in [7, 11) is 0. The molecule has 0 atom stereocenters. The molecule has 0 N–H and O–H groups in total. The molecule has 1 aromatic heterocycles. The maximum Gasteiger partial charge on any atom is 0.326 e. The second-order valence-corrected chi connectivity index (χ2v) is 8.68. The standard InChI is InChI=1S/C25H23N3O5/c1-25(2,3)33-22(30)15-27(20-10-6-7-16-11-12-26-13-19(16)20)21(29)14-28-23(31)17-8-4-5-9-18(17)24(28)32/h4-13H,14-15H2,1-3H3. The first-order chi connectivity index (χ1) is 15.7. The quantitative estimate of drug-likeness (QED) is 0.442. The number of carbonyl (C=O) groups is 4. The van der Waals surface area contributed by atoms with Crippen LogP contribution in [0.3, 0.4) is 0 Å². The molecule has 0 spiro atoms. The number of fused-ring (bicyclic) bond motifs is 2. The third-order valence-electron chi connectivity index (χ3n) is 5.13. The van der Waals surface area contributed by atoms with E-state index in [4.69, 9.17) is 4.74 Å². The second kappa shape index (κ2) is 8.46. The normalized spacial score (nSPS) is 13.2. The van der Waals surface area contributed by atoms with Crippen molar-refractivity contribution in [2.75, 3.05) is 18.0 Å². The predicted octanol–water partition coefficient (Wildman–Crippen LogP) is 3.21. The maximum absolute atomic E-state index is 13.4. The van der Waals surface area contributed by atoms with Crippen LogP contribution in [-0.4, -0.2) is 52.3 Å². The van der Waals surface area contributed by atoms with Gasteiger partial charge in [0.1, 0.15) is 18.7 Å². The van der Waals surface area contributed by atoms with Gasteiger partial charge in [-0.05, 0) is 50.4 Å². The van der Waals surface area contributed by atoms with Crippen LogP contribution in [0.4, 0.5) is 5.69 Å². The zero-order chi connectivity index (χ0) is 23.8. The van der Waals surface area contributed by atoms with Gasteiger partial charge in [-0.1, -0.05) is 24.3 Å². The molecule has 3 aromatic rings. The summed E-state index contributed by atoms with van der Waals surface area (Å²) in [5.74, 6) is -2.28. The molecule has 8 heteroatoms. The lowest BCUT2D eigenvalue weighted by Gasteiger charge is -2.27. The first kappa shape index (κ1) is 22.1. The van der Waals surface area contributed by atoms with Gasteiger partial charge >= 0.3 is 5.97 Å². The minimum atomic E-state index is -0.741. The predicted molar refractivity (Wildman–Crippen MR) is 122 cm³/mol. The first-order valence-electron chi connectivity index (χ1n) is 10.5. The summed E-state index contributed by atoms with van der Waals surface area (Å²) >= 11 is 0. The topological polar surface area (TPSA) is 96.9 Å². The Balaban J connectivity index is 1.67. The van der Waals surface area contributed by atoms with Gasteiger partial charge < -0.3 is 4.74 Å². The van der Waals surface area contributed by atoms with Crippen molar-refractivity contribution < 1.29 is 23.9 Å². The van der Waals surface area contributed by atoms with Gasteiger partial charge in [0.2, 0.25) is 5.91 Å². The average molecular weight is 445 g/mol. The highest BCUT2D eigenvalue weighted by Gasteiger charge is 2.37. The number of pyridine rings is 1. The highest BCUT2D eigenvalue weighted by Crippen LogP contribution is 2.28. The fourth-order valence-corrected chi connectivity index (χ4v) is 3.75. The molecular formula is C25H23N3O5. The lowest BCUT2D eigenvalue weighted by molar-refractivity contribution is -0.153. The van der Waals surface area contributed by atoms with Crippen LogP contribution in [-0.2, 0) is 14.3 Å². The van der Waals surface area contributed by atoms with E-state index in [1.165, 1.54) is 4.90 Å². The van der Waals surface area contributed by atoms with Gasteiger partial charge in [0.25, 0.3) is 11.8 Å². The Kier molecular flexibility index (Phi) is 5.68. The molecular weight excluding hydrogens is 422 g/mol. The van der Waals surface area contributed by atoms with E-state index in [1.807, 2.05) is 6.07 Å². The number of esters is 1. The minimum absolute atomic E-state index is 0.253. The number of ether oxygens (including phenoxy) is 1. The molecule has 0 saturated heterocycles. The molecule has 4 rings (SSSR count). The van der Waals surface area contributed by atoms with Crippen LogP contribution in [0.5, 0.6) is 0 Å². The van der Waals surface area contributed by atoms with Crippen molar-refractivity contribution in [3.8, 4) is 0 Å². The van der Waals surface area contributed by atoms with Crippen LogP contribution in [0.25, 0.3) is 10.8 Å². The molecule has 0 aliphatic carbocycles.